The van der Waals surface area contributed by atoms with Gasteiger partial charge in [-0.15, -0.1) is 0 Å². The van der Waals surface area contributed by atoms with Crippen molar-refractivity contribution in [2.45, 2.75) is 50.0 Å². The van der Waals surface area contributed by atoms with Crippen molar-refractivity contribution in [3.8, 4) is 0 Å². The lowest BCUT2D eigenvalue weighted by Gasteiger charge is -2.50. The maximum Gasteiger partial charge on any atom is 0.248 e. The Labute approximate surface area is 173 Å². The Morgan fingerprint density at radius 2 is 1.90 bits per heavy atom. The number of piperidine rings is 1. The molecule has 3 N–H and O–H groups in total. The molecule has 0 unspecified atom stereocenters. The summed E-state index contributed by atoms with van der Waals surface area (Å²) in [7, 11) is 0. The van der Waals surface area contributed by atoms with Crippen LogP contribution >= 0.6 is 0 Å². The fourth-order valence-corrected chi connectivity index (χ4v) is 5.28. The monoisotopic (exact) mass is 392 g/mol. The van der Waals surface area contributed by atoms with Gasteiger partial charge in [0, 0.05) is 18.7 Å². The average Bonchev–Trinajstić information content (AvgIpc) is 2.69. The number of carbonyl (C=O) groups excluding carboxylic acids is 1. The number of amides is 1. The minimum absolute atomic E-state index is 0.0107. The Hall–Kier alpha value is -2.17. The molecule has 4 heteroatoms. The molecule has 1 saturated carbocycles. The lowest BCUT2D eigenvalue weighted by Crippen LogP contribution is -2.56. The summed E-state index contributed by atoms with van der Waals surface area (Å²) < 4.78 is 0. The van der Waals surface area contributed by atoms with Crippen LogP contribution in [0.4, 0.5) is 0 Å². The predicted octanol–water partition coefficient (Wildman–Crippen LogP) is 3.69. The van der Waals surface area contributed by atoms with Crippen LogP contribution in [0.1, 0.15) is 60.5 Å². The first kappa shape index (κ1) is 20.1. The van der Waals surface area contributed by atoms with E-state index in [9.17, 15) is 9.90 Å². The molecular formula is C25H32N2O2. The third kappa shape index (κ3) is 3.96. The summed E-state index contributed by atoms with van der Waals surface area (Å²) >= 11 is 0. The van der Waals surface area contributed by atoms with E-state index in [4.69, 9.17) is 5.73 Å². The number of benzene rings is 2. The number of hydrogen-bond acceptors (Lipinski definition) is 3. The molecule has 154 valence electrons. The molecule has 0 bridgehead atoms. The quantitative estimate of drug-likeness (QED) is 0.815. The lowest BCUT2D eigenvalue weighted by atomic mass is 9.65. The number of likely N-dealkylation sites (tertiary alicyclic amines) is 1. The predicted molar refractivity (Wildman–Crippen MR) is 116 cm³/mol. The van der Waals surface area contributed by atoms with Gasteiger partial charge >= 0.3 is 0 Å². The average molecular weight is 393 g/mol. The molecule has 1 heterocycles. The summed E-state index contributed by atoms with van der Waals surface area (Å²) in [5.74, 6) is 0.527. The summed E-state index contributed by atoms with van der Waals surface area (Å²) in [6.07, 6.45) is 2.70. The topological polar surface area (TPSA) is 66.6 Å². The van der Waals surface area contributed by atoms with Crippen LogP contribution < -0.4 is 5.73 Å². The maximum absolute atomic E-state index is 11.6. The van der Waals surface area contributed by atoms with Crippen LogP contribution in [0.3, 0.4) is 0 Å². The molecule has 1 amide bonds. The van der Waals surface area contributed by atoms with Gasteiger partial charge in [0.05, 0.1) is 5.60 Å². The first-order valence-corrected chi connectivity index (χ1v) is 10.7. The molecule has 1 saturated heterocycles. The van der Waals surface area contributed by atoms with E-state index in [1.807, 2.05) is 18.2 Å². The van der Waals surface area contributed by atoms with Crippen LogP contribution in [-0.2, 0) is 5.41 Å². The number of rotatable bonds is 5. The van der Waals surface area contributed by atoms with Gasteiger partial charge in [-0.2, -0.15) is 0 Å². The zero-order valence-electron chi connectivity index (χ0n) is 17.5. The van der Waals surface area contributed by atoms with Gasteiger partial charge in [0.15, 0.2) is 0 Å². The highest BCUT2D eigenvalue weighted by Crippen LogP contribution is 2.46. The second-order valence-corrected chi connectivity index (χ2v) is 9.49. The molecule has 1 aliphatic carbocycles. The Kier molecular flexibility index (Phi) is 5.26. The van der Waals surface area contributed by atoms with E-state index in [1.165, 1.54) is 11.1 Å². The smallest absolute Gasteiger partial charge is 0.248 e. The maximum atomic E-state index is 11.6. The number of β-amino-alcohol motifs (C(OH)–C–C–N with tert-alkyl or cyclic N) is 1. The SMILES string of the molecule is C[C@@H]1CN(CC2(O)CC(c3ccccc3)C2)CC[C@]1(C)c1cccc(C(N)=O)c1. The normalized spacial score (nSPS) is 32.5. The van der Waals surface area contributed by atoms with Gasteiger partial charge in [-0.05, 0) is 66.3 Å². The molecule has 29 heavy (non-hydrogen) atoms. The van der Waals surface area contributed by atoms with E-state index in [0.717, 1.165) is 38.9 Å². The largest absolute Gasteiger partial charge is 0.389 e. The molecule has 0 aromatic heterocycles. The molecule has 0 radical (unpaired) electrons. The fourth-order valence-electron chi connectivity index (χ4n) is 5.28. The zero-order chi connectivity index (χ0) is 20.6. The molecule has 4 rings (SSSR count). The number of nitrogens with zero attached hydrogens (tertiary/aromatic N) is 1. The minimum Gasteiger partial charge on any atom is -0.389 e. The van der Waals surface area contributed by atoms with Crippen molar-refractivity contribution in [2.24, 2.45) is 11.7 Å². The molecule has 2 aliphatic rings. The molecule has 2 aromatic rings. The highest BCUT2D eigenvalue weighted by Gasteiger charge is 2.46. The van der Waals surface area contributed by atoms with Crippen LogP contribution in [-0.4, -0.2) is 41.1 Å². The summed E-state index contributed by atoms with van der Waals surface area (Å²) in [6, 6.07) is 18.3. The minimum atomic E-state index is -0.570. The van der Waals surface area contributed by atoms with Crippen molar-refractivity contribution < 1.29 is 9.90 Å². The van der Waals surface area contributed by atoms with E-state index in [1.54, 1.807) is 6.07 Å². The van der Waals surface area contributed by atoms with Crippen molar-refractivity contribution in [1.82, 2.24) is 4.90 Å². The molecule has 1 aliphatic heterocycles. The molecule has 4 nitrogen and oxygen atoms in total. The lowest BCUT2D eigenvalue weighted by molar-refractivity contribution is -0.0815. The first-order valence-electron chi connectivity index (χ1n) is 10.7. The molecule has 2 fully saturated rings. The van der Waals surface area contributed by atoms with Gasteiger partial charge in [0.2, 0.25) is 5.91 Å². The van der Waals surface area contributed by atoms with Crippen LogP contribution in [0.25, 0.3) is 0 Å². The van der Waals surface area contributed by atoms with Gasteiger partial charge in [-0.1, -0.05) is 56.3 Å². The Morgan fingerprint density at radius 1 is 1.17 bits per heavy atom. The Bertz CT molecular complexity index is 875. The molecule has 2 atom stereocenters. The Balaban J connectivity index is 1.38. The second-order valence-electron chi connectivity index (χ2n) is 9.49. The summed E-state index contributed by atoms with van der Waals surface area (Å²) in [6.45, 7) is 7.23. The fraction of sp³-hybridized carbons (Fsp3) is 0.480. The number of nitrogens with two attached hydrogens (primary N) is 1. The highest BCUT2D eigenvalue weighted by molar-refractivity contribution is 5.92. The van der Waals surface area contributed by atoms with Crippen molar-refractivity contribution in [2.75, 3.05) is 19.6 Å². The highest BCUT2D eigenvalue weighted by atomic mass is 16.3. The number of primary amides is 1. The summed E-state index contributed by atoms with van der Waals surface area (Å²) in [4.78, 5) is 14.0. The third-order valence-electron chi connectivity index (χ3n) is 7.42. The Morgan fingerprint density at radius 3 is 2.55 bits per heavy atom. The van der Waals surface area contributed by atoms with Gasteiger partial charge in [0.1, 0.15) is 0 Å². The standard InChI is InChI=1S/C25H32N2O2/c1-18-16-27(17-25(29)14-21(15-25)19-7-4-3-5-8-19)12-11-24(18,2)22-10-6-9-20(13-22)23(26)28/h3-10,13,18,21,29H,11-12,14-17H2,1-2H3,(H2,26,28)/t18-,21?,24+,25?/m1/s1. The van der Waals surface area contributed by atoms with E-state index >= 15 is 0 Å². The van der Waals surface area contributed by atoms with Crippen molar-refractivity contribution in [3.63, 3.8) is 0 Å². The number of hydrogen-bond donors (Lipinski definition) is 2. The third-order valence-corrected chi connectivity index (χ3v) is 7.42. The second kappa shape index (κ2) is 7.58. The molecule has 2 aromatic carbocycles. The van der Waals surface area contributed by atoms with E-state index in [-0.39, 0.29) is 11.3 Å². The molecular weight excluding hydrogens is 360 g/mol. The van der Waals surface area contributed by atoms with E-state index in [0.29, 0.717) is 17.4 Å². The van der Waals surface area contributed by atoms with Crippen LogP contribution in [0.15, 0.2) is 54.6 Å². The summed E-state index contributed by atoms with van der Waals surface area (Å²) in [5.41, 5.74) is 8.03. The molecule has 0 spiro atoms. The van der Waals surface area contributed by atoms with E-state index in [2.05, 4.69) is 49.1 Å². The van der Waals surface area contributed by atoms with Crippen molar-refractivity contribution >= 4 is 5.91 Å². The zero-order valence-corrected chi connectivity index (χ0v) is 17.5. The number of carbonyl (C=O) groups is 1. The summed E-state index contributed by atoms with van der Waals surface area (Å²) in [5, 5.41) is 11.0. The van der Waals surface area contributed by atoms with Crippen molar-refractivity contribution in [3.05, 3.63) is 71.3 Å². The van der Waals surface area contributed by atoms with Crippen LogP contribution in [0.5, 0.6) is 0 Å². The van der Waals surface area contributed by atoms with Crippen molar-refractivity contribution in [1.29, 1.82) is 0 Å². The van der Waals surface area contributed by atoms with Gasteiger partial charge in [-0.25, -0.2) is 0 Å². The first-order chi connectivity index (χ1) is 13.8. The van der Waals surface area contributed by atoms with Gasteiger partial charge in [-0.3, -0.25) is 4.79 Å². The van der Waals surface area contributed by atoms with E-state index < -0.39 is 5.60 Å². The number of aliphatic hydroxyl groups is 1. The van der Waals surface area contributed by atoms with Gasteiger partial charge < -0.3 is 15.7 Å². The van der Waals surface area contributed by atoms with Crippen LogP contribution in [0, 0.1) is 5.92 Å². The van der Waals surface area contributed by atoms with Crippen LogP contribution in [0.2, 0.25) is 0 Å². The van der Waals surface area contributed by atoms with Gasteiger partial charge in [0.25, 0.3) is 0 Å².